The molecule has 1 atom stereocenters. The van der Waals surface area contributed by atoms with Crippen molar-refractivity contribution in [1.29, 1.82) is 0 Å². The van der Waals surface area contributed by atoms with Crippen LogP contribution in [-0.2, 0) is 9.53 Å². The van der Waals surface area contributed by atoms with Crippen LogP contribution in [-0.4, -0.2) is 30.7 Å². The molecule has 0 spiro atoms. The molecule has 0 aliphatic heterocycles. The van der Waals surface area contributed by atoms with Crippen molar-refractivity contribution in [2.45, 2.75) is 19.0 Å². The molecule has 10 heavy (non-hydrogen) atoms. The zero-order valence-corrected chi connectivity index (χ0v) is 5.38. The van der Waals surface area contributed by atoms with E-state index in [0.717, 1.165) is 7.11 Å². The van der Waals surface area contributed by atoms with Gasteiger partial charge in [-0.25, -0.2) is 8.78 Å². The van der Waals surface area contributed by atoms with Crippen molar-refractivity contribution >= 4 is 5.97 Å². The van der Waals surface area contributed by atoms with Crippen LogP contribution in [0.25, 0.3) is 0 Å². The first-order chi connectivity index (χ1) is 4.57. The molecule has 1 N–H and O–H groups in total. The van der Waals surface area contributed by atoms with E-state index in [1.54, 1.807) is 0 Å². The maximum Gasteiger partial charge on any atom is 0.308 e. The van der Waals surface area contributed by atoms with Crippen molar-refractivity contribution in [2.24, 2.45) is 0 Å². The van der Waals surface area contributed by atoms with Gasteiger partial charge >= 0.3 is 5.97 Å². The van der Waals surface area contributed by atoms with Gasteiger partial charge in [-0.3, -0.25) is 4.79 Å². The number of carbonyl (C=O) groups is 1. The number of carbonyl (C=O) groups excluding carboxylic acids is 1. The molecule has 3 nitrogen and oxygen atoms in total. The number of aliphatic hydroxyl groups is 1. The Morgan fingerprint density at radius 3 is 2.50 bits per heavy atom. The highest BCUT2D eigenvalue weighted by molar-refractivity contribution is 5.69. The molecular weight excluding hydrogens is 146 g/mol. The van der Waals surface area contributed by atoms with E-state index in [0.29, 0.717) is 0 Å². The Labute approximate surface area is 56.6 Å². The number of hydrogen-bond acceptors (Lipinski definition) is 3. The van der Waals surface area contributed by atoms with Gasteiger partial charge in [-0.2, -0.15) is 0 Å². The molecule has 0 saturated heterocycles. The number of ether oxygens (including phenoxy) is 1. The van der Waals surface area contributed by atoms with Gasteiger partial charge in [0.2, 0.25) is 0 Å². The second kappa shape index (κ2) is 4.16. The zero-order valence-electron chi connectivity index (χ0n) is 5.38. The molecule has 0 aromatic rings. The Balaban J connectivity index is 3.57. The van der Waals surface area contributed by atoms with Crippen molar-refractivity contribution in [2.75, 3.05) is 7.11 Å². The minimum absolute atomic E-state index is 0.659. The Morgan fingerprint density at radius 1 is 1.70 bits per heavy atom. The van der Waals surface area contributed by atoms with Crippen LogP contribution in [0.1, 0.15) is 6.42 Å². The maximum atomic E-state index is 11.5. The van der Waals surface area contributed by atoms with Gasteiger partial charge in [0.1, 0.15) is 6.10 Å². The lowest BCUT2D eigenvalue weighted by Crippen LogP contribution is -2.21. The Hall–Kier alpha value is -0.710. The molecule has 0 aliphatic carbocycles. The third kappa shape index (κ3) is 3.34. The molecule has 0 heterocycles. The smallest absolute Gasteiger partial charge is 0.308 e. The second-order valence-corrected chi connectivity index (χ2v) is 1.68. The Morgan fingerprint density at radius 2 is 2.20 bits per heavy atom. The van der Waals surface area contributed by atoms with Crippen LogP contribution in [0, 0.1) is 0 Å². The molecule has 0 unspecified atom stereocenters. The summed E-state index contributed by atoms with van der Waals surface area (Å²) >= 11 is 0. The fraction of sp³-hybridized carbons (Fsp3) is 0.800. The number of halogens is 2. The first-order valence-electron chi connectivity index (χ1n) is 2.61. The summed E-state index contributed by atoms with van der Waals surface area (Å²) in [5, 5.41) is 8.38. The fourth-order valence-electron chi connectivity index (χ4n) is 0.343. The molecule has 0 aliphatic rings. The maximum absolute atomic E-state index is 11.5. The number of alkyl halides is 2. The lowest BCUT2D eigenvalue weighted by atomic mass is 10.3. The van der Waals surface area contributed by atoms with E-state index in [1.165, 1.54) is 0 Å². The van der Waals surface area contributed by atoms with Gasteiger partial charge in [-0.05, 0) is 0 Å². The first-order valence-corrected chi connectivity index (χ1v) is 2.61. The first kappa shape index (κ1) is 9.29. The second-order valence-electron chi connectivity index (χ2n) is 1.68. The van der Waals surface area contributed by atoms with Gasteiger partial charge < -0.3 is 9.84 Å². The van der Waals surface area contributed by atoms with Gasteiger partial charge in [0.05, 0.1) is 13.5 Å². The summed E-state index contributed by atoms with van der Waals surface area (Å²) in [6.45, 7) is 0. The van der Waals surface area contributed by atoms with Gasteiger partial charge in [0, 0.05) is 0 Å². The molecule has 0 amide bonds. The van der Waals surface area contributed by atoms with Crippen LogP contribution in [0.15, 0.2) is 0 Å². The van der Waals surface area contributed by atoms with E-state index < -0.39 is 24.9 Å². The molecule has 0 aromatic heterocycles. The van der Waals surface area contributed by atoms with E-state index in [4.69, 9.17) is 5.11 Å². The van der Waals surface area contributed by atoms with Crippen molar-refractivity contribution in [3.05, 3.63) is 0 Å². The number of methoxy groups -OCH3 is 1. The zero-order chi connectivity index (χ0) is 8.15. The SMILES string of the molecule is COC(=O)C[C@@H](O)C(F)F. The topological polar surface area (TPSA) is 46.5 Å². The highest BCUT2D eigenvalue weighted by Gasteiger charge is 2.20. The number of esters is 1. The molecule has 0 bridgehead atoms. The Bertz CT molecular complexity index is 115. The van der Waals surface area contributed by atoms with Crippen LogP contribution < -0.4 is 0 Å². The average molecular weight is 154 g/mol. The van der Waals surface area contributed by atoms with E-state index in [-0.39, 0.29) is 0 Å². The molecule has 0 fully saturated rings. The van der Waals surface area contributed by atoms with E-state index in [2.05, 4.69) is 4.74 Å². The van der Waals surface area contributed by atoms with Gasteiger partial charge in [-0.15, -0.1) is 0 Å². The average Bonchev–Trinajstić information content (AvgIpc) is 1.87. The van der Waals surface area contributed by atoms with Crippen molar-refractivity contribution < 1.29 is 23.4 Å². The number of hydrogen-bond donors (Lipinski definition) is 1. The number of rotatable bonds is 3. The van der Waals surface area contributed by atoms with Gasteiger partial charge in [0.15, 0.2) is 0 Å². The number of aliphatic hydroxyl groups excluding tert-OH is 1. The predicted octanol–water partition coefficient (Wildman–Crippen LogP) is 0.175. The molecule has 60 valence electrons. The summed E-state index contributed by atoms with van der Waals surface area (Å²) in [5.74, 6) is -0.840. The minimum Gasteiger partial charge on any atom is -0.469 e. The largest absolute Gasteiger partial charge is 0.469 e. The summed E-state index contributed by atoms with van der Waals surface area (Å²) in [6, 6.07) is 0. The molecular formula is C5H8F2O3. The monoisotopic (exact) mass is 154 g/mol. The summed E-state index contributed by atoms with van der Waals surface area (Å²) in [6.07, 6.45) is -5.46. The van der Waals surface area contributed by atoms with Crippen molar-refractivity contribution in [3.63, 3.8) is 0 Å². The van der Waals surface area contributed by atoms with Crippen molar-refractivity contribution in [3.8, 4) is 0 Å². The third-order valence-electron chi connectivity index (χ3n) is 0.894. The highest BCUT2D eigenvalue weighted by atomic mass is 19.3. The standard InChI is InChI=1S/C5H8F2O3/c1-10-4(9)2-3(8)5(6)7/h3,5,8H,2H2,1H3/t3-/m1/s1. The van der Waals surface area contributed by atoms with Crippen LogP contribution in [0.2, 0.25) is 0 Å². The van der Waals surface area contributed by atoms with E-state index in [1.807, 2.05) is 0 Å². The van der Waals surface area contributed by atoms with E-state index in [9.17, 15) is 13.6 Å². The minimum atomic E-state index is -2.89. The summed E-state index contributed by atoms with van der Waals surface area (Å²) in [5.41, 5.74) is 0. The van der Waals surface area contributed by atoms with Gasteiger partial charge in [-0.1, -0.05) is 0 Å². The van der Waals surface area contributed by atoms with E-state index >= 15 is 0 Å². The summed E-state index contributed by atoms with van der Waals surface area (Å²) in [4.78, 5) is 10.2. The quantitative estimate of drug-likeness (QED) is 0.589. The lowest BCUT2D eigenvalue weighted by molar-refractivity contribution is -0.145. The molecule has 0 rings (SSSR count). The normalized spacial score (nSPS) is 13.3. The fourth-order valence-corrected chi connectivity index (χ4v) is 0.343. The van der Waals surface area contributed by atoms with Gasteiger partial charge in [0.25, 0.3) is 6.43 Å². The molecule has 5 heteroatoms. The van der Waals surface area contributed by atoms with Crippen LogP contribution in [0.4, 0.5) is 8.78 Å². The highest BCUT2D eigenvalue weighted by Crippen LogP contribution is 2.04. The van der Waals surface area contributed by atoms with Crippen LogP contribution in [0.5, 0.6) is 0 Å². The predicted molar refractivity (Wildman–Crippen MR) is 28.6 cm³/mol. The van der Waals surface area contributed by atoms with Crippen LogP contribution in [0.3, 0.4) is 0 Å². The Kier molecular flexibility index (Phi) is 3.87. The summed E-state index contributed by atoms with van der Waals surface area (Å²) in [7, 11) is 1.07. The molecule has 0 radical (unpaired) electrons. The molecule has 0 saturated carbocycles. The van der Waals surface area contributed by atoms with Crippen LogP contribution >= 0.6 is 0 Å². The lowest BCUT2D eigenvalue weighted by Gasteiger charge is -2.05. The summed E-state index contributed by atoms with van der Waals surface area (Å²) < 4.78 is 27.0. The van der Waals surface area contributed by atoms with Crippen molar-refractivity contribution in [1.82, 2.24) is 0 Å². The third-order valence-corrected chi connectivity index (χ3v) is 0.894. The molecule has 0 aromatic carbocycles.